The summed E-state index contributed by atoms with van der Waals surface area (Å²) in [4.78, 5) is 15.3. The number of nitrogens with one attached hydrogen (secondary N) is 1. The molecule has 1 atom stereocenters. The van der Waals surface area contributed by atoms with Gasteiger partial charge in [-0.15, -0.1) is 11.3 Å². The molecule has 0 spiro atoms. The molecule has 0 aliphatic rings. The van der Waals surface area contributed by atoms with Crippen molar-refractivity contribution in [1.29, 1.82) is 0 Å². The highest BCUT2D eigenvalue weighted by Gasteiger charge is 2.07. The van der Waals surface area contributed by atoms with E-state index < -0.39 is 5.91 Å². The molecule has 4 nitrogen and oxygen atoms in total. The molecule has 1 amide bonds. The number of primary amides is 1. The van der Waals surface area contributed by atoms with Gasteiger partial charge in [0, 0.05) is 23.5 Å². The van der Waals surface area contributed by atoms with Crippen molar-refractivity contribution >= 4 is 17.2 Å². The van der Waals surface area contributed by atoms with E-state index in [1.165, 1.54) is 0 Å². The molecule has 1 aromatic heterocycles. The molecule has 0 bridgehead atoms. The summed E-state index contributed by atoms with van der Waals surface area (Å²) in [5.74, 6) is -0.399. The molecule has 0 saturated heterocycles. The van der Waals surface area contributed by atoms with Gasteiger partial charge in [0.25, 0.3) is 0 Å². The average molecular weight is 261 g/mol. The highest BCUT2D eigenvalue weighted by molar-refractivity contribution is 7.07. The van der Waals surface area contributed by atoms with Crippen LogP contribution in [0.25, 0.3) is 0 Å². The summed E-state index contributed by atoms with van der Waals surface area (Å²) in [6, 6.07) is 7.52. The van der Waals surface area contributed by atoms with Crippen LogP contribution in [-0.2, 0) is 6.54 Å². The standard InChI is InChI=1S/C13H15N3OS/c1-9(12-7-18-8-16-12)15-6-10-3-2-4-11(5-10)13(14)17/h2-5,7-9,15H,6H2,1H3,(H2,14,17). The molecular formula is C13H15N3OS. The minimum absolute atomic E-state index is 0.188. The van der Waals surface area contributed by atoms with Gasteiger partial charge in [0.2, 0.25) is 5.91 Å². The summed E-state index contributed by atoms with van der Waals surface area (Å²) in [6.45, 7) is 2.74. The number of aromatic nitrogens is 1. The minimum atomic E-state index is -0.399. The Labute approximate surface area is 110 Å². The zero-order valence-electron chi connectivity index (χ0n) is 10.1. The molecule has 0 aliphatic carbocycles. The third-order valence-corrected chi connectivity index (χ3v) is 3.32. The summed E-state index contributed by atoms with van der Waals surface area (Å²) in [5, 5.41) is 5.38. The maximum Gasteiger partial charge on any atom is 0.248 e. The number of rotatable bonds is 5. The molecule has 2 rings (SSSR count). The second-order valence-electron chi connectivity index (χ2n) is 4.08. The molecule has 1 unspecified atom stereocenters. The molecule has 2 aromatic rings. The number of carbonyl (C=O) groups is 1. The molecule has 18 heavy (non-hydrogen) atoms. The first-order valence-electron chi connectivity index (χ1n) is 5.67. The molecule has 0 fully saturated rings. The van der Waals surface area contributed by atoms with Crippen LogP contribution in [0.3, 0.4) is 0 Å². The normalized spacial score (nSPS) is 12.3. The van der Waals surface area contributed by atoms with E-state index in [4.69, 9.17) is 5.73 Å². The van der Waals surface area contributed by atoms with Gasteiger partial charge in [-0.1, -0.05) is 12.1 Å². The van der Waals surface area contributed by atoms with Gasteiger partial charge in [-0.3, -0.25) is 4.79 Å². The van der Waals surface area contributed by atoms with Crippen molar-refractivity contribution in [2.75, 3.05) is 0 Å². The Kier molecular flexibility index (Phi) is 4.07. The average Bonchev–Trinajstić information content (AvgIpc) is 2.90. The van der Waals surface area contributed by atoms with Gasteiger partial charge in [-0.25, -0.2) is 4.98 Å². The van der Waals surface area contributed by atoms with Crippen molar-refractivity contribution in [2.24, 2.45) is 5.73 Å². The Bertz CT molecular complexity index is 525. The lowest BCUT2D eigenvalue weighted by Gasteiger charge is -2.11. The first-order chi connectivity index (χ1) is 8.66. The van der Waals surface area contributed by atoms with Crippen LogP contribution in [0, 0.1) is 0 Å². The van der Waals surface area contributed by atoms with E-state index in [0.29, 0.717) is 12.1 Å². The van der Waals surface area contributed by atoms with E-state index >= 15 is 0 Å². The molecular weight excluding hydrogens is 246 g/mol. The summed E-state index contributed by atoms with van der Waals surface area (Å²) < 4.78 is 0. The number of nitrogens with two attached hydrogens (primary N) is 1. The second-order valence-corrected chi connectivity index (χ2v) is 4.80. The van der Waals surface area contributed by atoms with Crippen LogP contribution >= 0.6 is 11.3 Å². The van der Waals surface area contributed by atoms with Crippen LogP contribution < -0.4 is 11.1 Å². The Balaban J connectivity index is 1.98. The smallest absolute Gasteiger partial charge is 0.248 e. The number of carbonyl (C=O) groups excluding carboxylic acids is 1. The fourth-order valence-electron chi connectivity index (χ4n) is 1.65. The predicted molar refractivity (Wildman–Crippen MR) is 72.3 cm³/mol. The van der Waals surface area contributed by atoms with Crippen molar-refractivity contribution < 1.29 is 4.79 Å². The van der Waals surface area contributed by atoms with Gasteiger partial charge in [0.1, 0.15) is 0 Å². The molecule has 0 radical (unpaired) electrons. The fourth-order valence-corrected chi connectivity index (χ4v) is 2.29. The Hall–Kier alpha value is -1.72. The lowest BCUT2D eigenvalue weighted by molar-refractivity contribution is 0.1000. The van der Waals surface area contributed by atoms with Crippen molar-refractivity contribution in [3.05, 3.63) is 52.0 Å². The number of hydrogen-bond donors (Lipinski definition) is 2. The molecule has 94 valence electrons. The van der Waals surface area contributed by atoms with E-state index in [0.717, 1.165) is 11.3 Å². The van der Waals surface area contributed by atoms with E-state index in [1.54, 1.807) is 17.4 Å². The van der Waals surface area contributed by atoms with Gasteiger partial charge in [0.15, 0.2) is 0 Å². The van der Waals surface area contributed by atoms with E-state index in [9.17, 15) is 4.79 Å². The van der Waals surface area contributed by atoms with Crippen LogP contribution in [0.15, 0.2) is 35.2 Å². The summed E-state index contributed by atoms with van der Waals surface area (Å²) in [5.41, 5.74) is 9.67. The summed E-state index contributed by atoms with van der Waals surface area (Å²) >= 11 is 1.58. The second kappa shape index (κ2) is 5.75. The van der Waals surface area contributed by atoms with E-state index in [-0.39, 0.29) is 6.04 Å². The third-order valence-electron chi connectivity index (χ3n) is 2.72. The van der Waals surface area contributed by atoms with Crippen molar-refractivity contribution in [3.63, 3.8) is 0 Å². The van der Waals surface area contributed by atoms with Crippen molar-refractivity contribution in [1.82, 2.24) is 10.3 Å². The van der Waals surface area contributed by atoms with Crippen LogP contribution in [0.1, 0.15) is 34.6 Å². The monoisotopic (exact) mass is 261 g/mol. The predicted octanol–water partition coefficient (Wildman–Crippen LogP) is 2.09. The topological polar surface area (TPSA) is 68.0 Å². The number of thiazole rings is 1. The number of amides is 1. The minimum Gasteiger partial charge on any atom is -0.366 e. The first kappa shape index (κ1) is 12.7. The van der Waals surface area contributed by atoms with Crippen molar-refractivity contribution in [3.8, 4) is 0 Å². The molecule has 1 heterocycles. The molecule has 0 saturated carbocycles. The van der Waals surface area contributed by atoms with Gasteiger partial charge < -0.3 is 11.1 Å². The van der Waals surface area contributed by atoms with Gasteiger partial charge in [0.05, 0.1) is 11.2 Å². The lowest BCUT2D eigenvalue weighted by Crippen LogP contribution is -2.19. The number of hydrogen-bond acceptors (Lipinski definition) is 4. The van der Waals surface area contributed by atoms with Gasteiger partial charge in [-0.05, 0) is 24.6 Å². The van der Waals surface area contributed by atoms with Crippen LogP contribution in [0.5, 0.6) is 0 Å². The summed E-state index contributed by atoms with van der Waals surface area (Å²) in [6.07, 6.45) is 0. The number of benzene rings is 1. The zero-order chi connectivity index (χ0) is 13.0. The maximum atomic E-state index is 11.1. The SMILES string of the molecule is CC(NCc1cccc(C(N)=O)c1)c1cscn1. The van der Waals surface area contributed by atoms with E-state index in [2.05, 4.69) is 17.2 Å². The molecule has 1 aromatic carbocycles. The Morgan fingerprint density at radius 1 is 1.56 bits per heavy atom. The summed E-state index contributed by atoms with van der Waals surface area (Å²) in [7, 11) is 0. The maximum absolute atomic E-state index is 11.1. The van der Waals surface area contributed by atoms with Crippen LogP contribution in [0.4, 0.5) is 0 Å². The number of nitrogens with zero attached hydrogens (tertiary/aromatic N) is 1. The highest BCUT2D eigenvalue weighted by Crippen LogP contribution is 2.13. The lowest BCUT2D eigenvalue weighted by atomic mass is 10.1. The highest BCUT2D eigenvalue weighted by atomic mass is 32.1. The third kappa shape index (κ3) is 3.15. The Morgan fingerprint density at radius 3 is 3.06 bits per heavy atom. The van der Waals surface area contributed by atoms with Crippen molar-refractivity contribution in [2.45, 2.75) is 19.5 Å². The zero-order valence-corrected chi connectivity index (χ0v) is 10.9. The first-order valence-corrected chi connectivity index (χ1v) is 6.61. The van der Waals surface area contributed by atoms with Gasteiger partial charge >= 0.3 is 0 Å². The van der Waals surface area contributed by atoms with Crippen LogP contribution in [-0.4, -0.2) is 10.9 Å². The van der Waals surface area contributed by atoms with Crippen LogP contribution in [0.2, 0.25) is 0 Å². The molecule has 5 heteroatoms. The largest absolute Gasteiger partial charge is 0.366 e. The van der Waals surface area contributed by atoms with Gasteiger partial charge in [-0.2, -0.15) is 0 Å². The molecule has 0 aliphatic heterocycles. The molecule has 3 N–H and O–H groups in total. The quantitative estimate of drug-likeness (QED) is 0.866. The van der Waals surface area contributed by atoms with E-state index in [1.807, 2.05) is 29.1 Å². The Morgan fingerprint density at radius 2 is 2.39 bits per heavy atom. The fraction of sp³-hybridized carbons (Fsp3) is 0.231.